The number of nitrogens with zero attached hydrogens (tertiary/aromatic N) is 3. The summed E-state index contributed by atoms with van der Waals surface area (Å²) in [6.07, 6.45) is 0. The number of aromatic nitrogens is 1. The van der Waals surface area contributed by atoms with Crippen LogP contribution in [0.2, 0.25) is 0 Å². The molecule has 0 unspecified atom stereocenters. The Kier molecular flexibility index (Phi) is 3.68. The average molecular weight is 262 g/mol. The van der Waals surface area contributed by atoms with E-state index in [1.165, 1.54) is 0 Å². The van der Waals surface area contributed by atoms with Crippen LogP contribution in [-0.4, -0.2) is 65.2 Å². The van der Waals surface area contributed by atoms with E-state index >= 15 is 0 Å². The van der Waals surface area contributed by atoms with Crippen LogP contribution in [0, 0.1) is 6.92 Å². The molecule has 0 saturated carbocycles. The van der Waals surface area contributed by atoms with E-state index in [4.69, 9.17) is 0 Å². The third-order valence-corrected chi connectivity index (χ3v) is 4.15. The second kappa shape index (κ2) is 5.45. The Balaban J connectivity index is 1.55. The Bertz CT molecular complexity index is 439. The number of aromatic hydroxyl groups is 1. The lowest BCUT2D eigenvalue weighted by atomic mass is 10.1. The zero-order valence-corrected chi connectivity index (χ0v) is 11.5. The van der Waals surface area contributed by atoms with Gasteiger partial charge in [-0.05, 0) is 19.1 Å². The van der Waals surface area contributed by atoms with Crippen molar-refractivity contribution in [2.75, 3.05) is 39.3 Å². The molecule has 5 heteroatoms. The number of rotatable bonds is 3. The molecule has 0 aromatic carbocycles. The van der Waals surface area contributed by atoms with Gasteiger partial charge in [-0.25, -0.2) is 0 Å². The van der Waals surface area contributed by atoms with Crippen molar-refractivity contribution in [2.24, 2.45) is 0 Å². The predicted octanol–water partition coefficient (Wildman–Crippen LogP) is 0.185. The Morgan fingerprint density at radius 1 is 1.26 bits per heavy atom. The zero-order chi connectivity index (χ0) is 13.2. The van der Waals surface area contributed by atoms with Crippen LogP contribution in [-0.2, 0) is 6.54 Å². The Morgan fingerprint density at radius 3 is 2.63 bits per heavy atom. The SMILES string of the molecule is Cc1ccc(O)c(CN2CCN(C3CNC3)CC2)n1. The second-order valence-corrected chi connectivity index (χ2v) is 5.54. The molecule has 2 aliphatic heterocycles. The van der Waals surface area contributed by atoms with Crippen LogP contribution in [0.5, 0.6) is 5.75 Å². The van der Waals surface area contributed by atoms with Crippen molar-refractivity contribution in [1.29, 1.82) is 0 Å². The molecule has 0 aliphatic carbocycles. The number of hydrogen-bond acceptors (Lipinski definition) is 5. The first-order valence-electron chi connectivity index (χ1n) is 7.05. The van der Waals surface area contributed by atoms with Crippen molar-refractivity contribution in [3.05, 3.63) is 23.5 Å². The molecule has 0 atom stereocenters. The molecule has 3 rings (SSSR count). The van der Waals surface area contributed by atoms with E-state index in [-0.39, 0.29) is 0 Å². The van der Waals surface area contributed by atoms with Crippen molar-refractivity contribution in [3.8, 4) is 5.75 Å². The van der Waals surface area contributed by atoms with Gasteiger partial charge in [0.25, 0.3) is 0 Å². The average Bonchev–Trinajstić information content (AvgIpc) is 2.34. The van der Waals surface area contributed by atoms with E-state index < -0.39 is 0 Å². The fourth-order valence-electron chi connectivity index (χ4n) is 2.75. The van der Waals surface area contributed by atoms with Crippen molar-refractivity contribution < 1.29 is 5.11 Å². The molecule has 19 heavy (non-hydrogen) atoms. The molecule has 2 saturated heterocycles. The van der Waals surface area contributed by atoms with Gasteiger partial charge in [-0.3, -0.25) is 14.8 Å². The predicted molar refractivity (Wildman–Crippen MR) is 74.1 cm³/mol. The van der Waals surface area contributed by atoms with Crippen LogP contribution in [0.3, 0.4) is 0 Å². The fourth-order valence-corrected chi connectivity index (χ4v) is 2.75. The van der Waals surface area contributed by atoms with Gasteiger partial charge in [-0.15, -0.1) is 0 Å². The standard InChI is InChI=1S/C14H22N4O/c1-11-2-3-14(19)13(16-11)10-17-4-6-18(7-5-17)12-8-15-9-12/h2-3,12,15,19H,4-10H2,1H3. The normalized spacial score (nSPS) is 22.4. The summed E-state index contributed by atoms with van der Waals surface area (Å²) >= 11 is 0. The van der Waals surface area contributed by atoms with Gasteiger partial charge in [0, 0.05) is 57.5 Å². The van der Waals surface area contributed by atoms with Crippen molar-refractivity contribution in [2.45, 2.75) is 19.5 Å². The van der Waals surface area contributed by atoms with Gasteiger partial charge in [0.15, 0.2) is 0 Å². The Labute approximate surface area is 114 Å². The first-order chi connectivity index (χ1) is 9.22. The fraction of sp³-hybridized carbons (Fsp3) is 0.643. The maximum atomic E-state index is 9.85. The van der Waals surface area contributed by atoms with Crippen LogP contribution < -0.4 is 5.32 Å². The first-order valence-corrected chi connectivity index (χ1v) is 7.05. The van der Waals surface area contributed by atoms with Gasteiger partial charge in [-0.2, -0.15) is 0 Å². The molecule has 2 fully saturated rings. The third kappa shape index (κ3) is 2.88. The van der Waals surface area contributed by atoms with Crippen LogP contribution in [0.4, 0.5) is 0 Å². The molecule has 2 aliphatic rings. The highest BCUT2D eigenvalue weighted by atomic mass is 16.3. The molecular weight excluding hydrogens is 240 g/mol. The molecular formula is C14H22N4O. The summed E-state index contributed by atoms with van der Waals surface area (Å²) in [7, 11) is 0. The highest BCUT2D eigenvalue weighted by Crippen LogP contribution is 2.18. The van der Waals surface area contributed by atoms with Gasteiger partial charge < -0.3 is 10.4 Å². The molecule has 104 valence electrons. The summed E-state index contributed by atoms with van der Waals surface area (Å²) in [5.74, 6) is 0.316. The van der Waals surface area contributed by atoms with Gasteiger partial charge in [0.05, 0.1) is 5.69 Å². The lowest BCUT2D eigenvalue weighted by molar-refractivity contribution is 0.0686. The number of pyridine rings is 1. The highest BCUT2D eigenvalue weighted by Gasteiger charge is 2.27. The van der Waals surface area contributed by atoms with Crippen molar-refractivity contribution in [1.82, 2.24) is 20.1 Å². The summed E-state index contributed by atoms with van der Waals surface area (Å²) < 4.78 is 0. The lowest BCUT2D eigenvalue weighted by Crippen LogP contribution is -2.61. The zero-order valence-electron chi connectivity index (χ0n) is 11.5. The molecule has 1 aromatic heterocycles. The molecule has 3 heterocycles. The minimum Gasteiger partial charge on any atom is -0.506 e. The number of piperazine rings is 1. The maximum Gasteiger partial charge on any atom is 0.138 e. The van der Waals surface area contributed by atoms with Gasteiger partial charge in [0.1, 0.15) is 5.75 Å². The molecule has 1 aromatic rings. The molecule has 0 spiro atoms. The summed E-state index contributed by atoms with van der Waals surface area (Å²) in [4.78, 5) is 9.38. The molecule has 0 amide bonds. The Hall–Kier alpha value is -1.17. The van der Waals surface area contributed by atoms with E-state index in [2.05, 4.69) is 20.1 Å². The van der Waals surface area contributed by atoms with E-state index in [0.29, 0.717) is 5.75 Å². The van der Waals surface area contributed by atoms with E-state index in [0.717, 1.165) is 63.2 Å². The van der Waals surface area contributed by atoms with Crippen molar-refractivity contribution in [3.63, 3.8) is 0 Å². The molecule has 0 bridgehead atoms. The second-order valence-electron chi connectivity index (χ2n) is 5.54. The van der Waals surface area contributed by atoms with Crippen molar-refractivity contribution >= 4 is 0 Å². The minimum absolute atomic E-state index is 0.316. The van der Waals surface area contributed by atoms with Crippen LogP contribution in [0.1, 0.15) is 11.4 Å². The topological polar surface area (TPSA) is 51.6 Å². The highest BCUT2D eigenvalue weighted by molar-refractivity contribution is 5.27. The number of aryl methyl sites for hydroxylation is 1. The summed E-state index contributed by atoms with van der Waals surface area (Å²) in [6, 6.07) is 4.33. The molecule has 2 N–H and O–H groups in total. The van der Waals surface area contributed by atoms with Gasteiger partial charge in [0.2, 0.25) is 0 Å². The van der Waals surface area contributed by atoms with Gasteiger partial charge >= 0.3 is 0 Å². The van der Waals surface area contributed by atoms with Crippen LogP contribution in [0.15, 0.2) is 12.1 Å². The first kappa shape index (κ1) is 12.8. The van der Waals surface area contributed by atoms with E-state index in [1.807, 2.05) is 13.0 Å². The van der Waals surface area contributed by atoms with Crippen LogP contribution >= 0.6 is 0 Å². The largest absolute Gasteiger partial charge is 0.506 e. The molecule has 0 radical (unpaired) electrons. The third-order valence-electron chi connectivity index (χ3n) is 4.15. The summed E-state index contributed by atoms with van der Waals surface area (Å²) in [6.45, 7) is 9.37. The van der Waals surface area contributed by atoms with Crippen LogP contribution in [0.25, 0.3) is 0 Å². The monoisotopic (exact) mass is 262 g/mol. The summed E-state index contributed by atoms with van der Waals surface area (Å²) in [5.41, 5.74) is 1.77. The Morgan fingerprint density at radius 2 is 2.00 bits per heavy atom. The van der Waals surface area contributed by atoms with E-state index in [9.17, 15) is 5.11 Å². The van der Waals surface area contributed by atoms with Gasteiger partial charge in [-0.1, -0.05) is 0 Å². The number of hydrogen-bond donors (Lipinski definition) is 2. The summed E-state index contributed by atoms with van der Waals surface area (Å²) in [5, 5.41) is 13.2. The maximum absolute atomic E-state index is 9.85. The molecule has 5 nitrogen and oxygen atoms in total. The number of nitrogens with one attached hydrogen (secondary N) is 1. The smallest absolute Gasteiger partial charge is 0.138 e. The lowest BCUT2D eigenvalue weighted by Gasteiger charge is -2.43. The minimum atomic E-state index is 0.316. The van der Waals surface area contributed by atoms with E-state index in [1.54, 1.807) is 6.07 Å². The quantitative estimate of drug-likeness (QED) is 0.814.